The van der Waals surface area contributed by atoms with Crippen molar-refractivity contribution in [2.75, 3.05) is 5.73 Å². The molecule has 2 rings (SSSR count). The number of hydrogen-bond donors (Lipinski definition) is 2. The molecule has 0 amide bonds. The van der Waals surface area contributed by atoms with Crippen LogP contribution in [0.5, 0.6) is 0 Å². The van der Waals surface area contributed by atoms with E-state index in [-0.39, 0.29) is 0 Å². The summed E-state index contributed by atoms with van der Waals surface area (Å²) in [5, 5.41) is 9.70. The van der Waals surface area contributed by atoms with Crippen molar-refractivity contribution in [2.45, 2.75) is 32.4 Å². The second-order valence-corrected chi connectivity index (χ2v) is 4.67. The van der Waals surface area contributed by atoms with E-state index in [1.165, 1.54) is 0 Å². The second-order valence-electron chi connectivity index (χ2n) is 4.67. The molecule has 1 aromatic heterocycles. The summed E-state index contributed by atoms with van der Waals surface area (Å²) in [6.45, 7) is 4.26. The molecule has 0 radical (unpaired) electrons. The van der Waals surface area contributed by atoms with Crippen molar-refractivity contribution in [3.8, 4) is 0 Å². The molecule has 4 nitrogen and oxygen atoms in total. The van der Waals surface area contributed by atoms with Crippen molar-refractivity contribution < 1.29 is 5.11 Å². The van der Waals surface area contributed by atoms with Gasteiger partial charge in [0.05, 0.1) is 16.6 Å². The molecule has 0 bridgehead atoms. The van der Waals surface area contributed by atoms with Crippen LogP contribution in [0.25, 0.3) is 11.0 Å². The third kappa shape index (κ3) is 2.17. The minimum Gasteiger partial charge on any atom is -0.390 e. The Morgan fingerprint density at radius 1 is 1.38 bits per heavy atom. The molecular formula is C12H17N3O. The van der Waals surface area contributed by atoms with Crippen LogP contribution in [0, 0.1) is 0 Å². The number of nitrogens with two attached hydrogens (primary N) is 1. The van der Waals surface area contributed by atoms with E-state index in [9.17, 15) is 5.11 Å². The number of fused-ring (bicyclic) bond motifs is 1. The summed E-state index contributed by atoms with van der Waals surface area (Å²) < 4.78 is 1.94. The van der Waals surface area contributed by atoms with Crippen LogP contribution in [0.3, 0.4) is 0 Å². The lowest BCUT2D eigenvalue weighted by Gasteiger charge is -2.17. The standard InChI is InChI=1S/C12H17N3O/c1-12(2,16)7-8-15-10-6-4-3-5-9(10)14-11(15)13/h3-6,16H,7-8H2,1-2H3,(H2,13,14). The Labute approximate surface area is 94.7 Å². The number of nitrogens with zero attached hydrogens (tertiary/aromatic N) is 2. The zero-order valence-corrected chi connectivity index (χ0v) is 9.64. The average Bonchev–Trinajstić information content (AvgIpc) is 2.49. The molecule has 16 heavy (non-hydrogen) atoms. The summed E-state index contributed by atoms with van der Waals surface area (Å²) in [6.07, 6.45) is 0.650. The summed E-state index contributed by atoms with van der Waals surface area (Å²) in [4.78, 5) is 4.27. The number of rotatable bonds is 3. The molecule has 1 heterocycles. The first kappa shape index (κ1) is 11.0. The first-order chi connectivity index (χ1) is 7.47. The van der Waals surface area contributed by atoms with E-state index >= 15 is 0 Å². The van der Waals surface area contributed by atoms with Crippen molar-refractivity contribution in [1.29, 1.82) is 0 Å². The smallest absolute Gasteiger partial charge is 0.201 e. The Hall–Kier alpha value is -1.55. The average molecular weight is 219 g/mol. The summed E-state index contributed by atoms with van der Waals surface area (Å²) in [5.74, 6) is 0.505. The van der Waals surface area contributed by atoms with Gasteiger partial charge in [0.15, 0.2) is 0 Å². The highest BCUT2D eigenvalue weighted by atomic mass is 16.3. The van der Waals surface area contributed by atoms with Crippen LogP contribution in [0.4, 0.5) is 5.95 Å². The fourth-order valence-electron chi connectivity index (χ4n) is 1.71. The molecular weight excluding hydrogens is 202 g/mol. The predicted octanol–water partition coefficient (Wildman–Crippen LogP) is 1.78. The molecule has 1 aromatic carbocycles. The number of hydrogen-bond acceptors (Lipinski definition) is 3. The van der Waals surface area contributed by atoms with E-state index in [4.69, 9.17) is 5.73 Å². The van der Waals surface area contributed by atoms with Gasteiger partial charge in [-0.25, -0.2) is 4.98 Å². The van der Waals surface area contributed by atoms with Gasteiger partial charge in [-0.15, -0.1) is 0 Å². The van der Waals surface area contributed by atoms with Crippen molar-refractivity contribution >= 4 is 17.0 Å². The number of aryl methyl sites for hydroxylation is 1. The molecule has 0 aliphatic heterocycles. The van der Waals surface area contributed by atoms with Crippen LogP contribution in [0.15, 0.2) is 24.3 Å². The summed E-state index contributed by atoms with van der Waals surface area (Å²) in [7, 11) is 0. The lowest BCUT2D eigenvalue weighted by Crippen LogP contribution is -2.21. The van der Waals surface area contributed by atoms with E-state index in [2.05, 4.69) is 4.98 Å². The molecule has 0 atom stereocenters. The number of anilines is 1. The van der Waals surface area contributed by atoms with E-state index in [0.717, 1.165) is 11.0 Å². The van der Waals surface area contributed by atoms with Gasteiger partial charge in [0.25, 0.3) is 0 Å². The van der Waals surface area contributed by atoms with Crippen LogP contribution < -0.4 is 5.73 Å². The lowest BCUT2D eigenvalue weighted by atomic mass is 10.1. The van der Waals surface area contributed by atoms with Crippen LogP contribution >= 0.6 is 0 Å². The highest BCUT2D eigenvalue weighted by Gasteiger charge is 2.14. The zero-order valence-electron chi connectivity index (χ0n) is 9.64. The maximum atomic E-state index is 9.70. The zero-order chi connectivity index (χ0) is 11.8. The molecule has 0 saturated heterocycles. The quantitative estimate of drug-likeness (QED) is 0.827. The topological polar surface area (TPSA) is 64.1 Å². The molecule has 0 aliphatic rings. The van der Waals surface area contributed by atoms with Crippen molar-refractivity contribution in [1.82, 2.24) is 9.55 Å². The van der Waals surface area contributed by atoms with E-state index < -0.39 is 5.60 Å². The molecule has 4 heteroatoms. The monoisotopic (exact) mass is 219 g/mol. The molecule has 86 valence electrons. The Kier molecular flexibility index (Phi) is 2.59. The van der Waals surface area contributed by atoms with Gasteiger partial charge in [-0.2, -0.15) is 0 Å². The first-order valence-electron chi connectivity index (χ1n) is 5.40. The number of imidazole rings is 1. The second kappa shape index (κ2) is 3.79. The highest BCUT2D eigenvalue weighted by molar-refractivity contribution is 5.78. The predicted molar refractivity (Wildman–Crippen MR) is 65.1 cm³/mol. The van der Waals surface area contributed by atoms with E-state index in [1.807, 2.05) is 28.8 Å². The van der Waals surface area contributed by atoms with Gasteiger partial charge in [-0.1, -0.05) is 12.1 Å². The Morgan fingerprint density at radius 3 is 2.75 bits per heavy atom. The maximum absolute atomic E-state index is 9.70. The number of aromatic nitrogens is 2. The molecule has 0 unspecified atom stereocenters. The fraction of sp³-hybridized carbons (Fsp3) is 0.417. The Balaban J connectivity index is 2.33. The molecule has 3 N–H and O–H groups in total. The van der Waals surface area contributed by atoms with Crippen LogP contribution in [0.2, 0.25) is 0 Å². The number of para-hydroxylation sites is 2. The molecule has 2 aromatic rings. The first-order valence-corrected chi connectivity index (χ1v) is 5.40. The highest BCUT2D eigenvalue weighted by Crippen LogP contribution is 2.19. The Bertz CT molecular complexity index is 496. The van der Waals surface area contributed by atoms with Crippen molar-refractivity contribution in [2.24, 2.45) is 0 Å². The Morgan fingerprint density at radius 2 is 2.06 bits per heavy atom. The largest absolute Gasteiger partial charge is 0.390 e. The third-order valence-corrected chi connectivity index (χ3v) is 2.63. The fourth-order valence-corrected chi connectivity index (χ4v) is 1.71. The van der Waals surface area contributed by atoms with Gasteiger partial charge >= 0.3 is 0 Å². The molecule has 0 aliphatic carbocycles. The molecule has 0 saturated carbocycles. The SMILES string of the molecule is CC(C)(O)CCn1c(N)nc2ccccc21. The van der Waals surface area contributed by atoms with E-state index in [1.54, 1.807) is 13.8 Å². The van der Waals surface area contributed by atoms with Crippen molar-refractivity contribution in [3.05, 3.63) is 24.3 Å². The molecule has 0 spiro atoms. The van der Waals surface area contributed by atoms with Gasteiger partial charge in [0.2, 0.25) is 5.95 Å². The third-order valence-electron chi connectivity index (χ3n) is 2.63. The maximum Gasteiger partial charge on any atom is 0.201 e. The number of nitrogen functional groups attached to an aromatic ring is 1. The van der Waals surface area contributed by atoms with Gasteiger partial charge in [-0.05, 0) is 32.4 Å². The normalized spacial score (nSPS) is 12.2. The number of aliphatic hydroxyl groups is 1. The minimum absolute atomic E-state index is 0.505. The van der Waals surface area contributed by atoms with Crippen LogP contribution in [-0.2, 0) is 6.54 Å². The van der Waals surface area contributed by atoms with Crippen LogP contribution in [0.1, 0.15) is 20.3 Å². The van der Waals surface area contributed by atoms with Gasteiger partial charge < -0.3 is 15.4 Å². The van der Waals surface area contributed by atoms with E-state index in [0.29, 0.717) is 18.9 Å². The van der Waals surface area contributed by atoms with Gasteiger partial charge in [0, 0.05) is 6.54 Å². The van der Waals surface area contributed by atoms with Crippen molar-refractivity contribution in [3.63, 3.8) is 0 Å². The van der Waals surface area contributed by atoms with Gasteiger partial charge in [0.1, 0.15) is 0 Å². The van der Waals surface area contributed by atoms with Crippen LogP contribution in [-0.4, -0.2) is 20.3 Å². The minimum atomic E-state index is -0.683. The number of benzene rings is 1. The lowest BCUT2D eigenvalue weighted by molar-refractivity contribution is 0.0667. The summed E-state index contributed by atoms with van der Waals surface area (Å²) >= 11 is 0. The van der Waals surface area contributed by atoms with Gasteiger partial charge in [-0.3, -0.25) is 0 Å². The summed E-state index contributed by atoms with van der Waals surface area (Å²) in [6, 6.07) is 7.83. The summed E-state index contributed by atoms with van der Waals surface area (Å²) in [5.41, 5.74) is 7.09. The molecule has 0 fully saturated rings.